The molecule has 0 saturated carbocycles. The Hall–Kier alpha value is -1.66. The summed E-state index contributed by atoms with van der Waals surface area (Å²) in [6.45, 7) is 1.70. The van der Waals surface area contributed by atoms with Gasteiger partial charge in [0.15, 0.2) is 0 Å². The fourth-order valence-electron chi connectivity index (χ4n) is 2.34. The standard InChI is InChI=1S/C13H16ClN3O3/c1-16(11-3-2-4-15-8-11)13(18)9-5-10(14)7-12(6-9)17(19)20/h5-7,11,15H,2-4,8H2,1H3. The van der Waals surface area contributed by atoms with Gasteiger partial charge in [-0.05, 0) is 25.5 Å². The maximum absolute atomic E-state index is 12.4. The Morgan fingerprint density at radius 1 is 1.50 bits per heavy atom. The third-order valence-electron chi connectivity index (χ3n) is 3.48. The number of benzene rings is 1. The minimum Gasteiger partial charge on any atom is -0.337 e. The molecule has 20 heavy (non-hydrogen) atoms. The summed E-state index contributed by atoms with van der Waals surface area (Å²) >= 11 is 5.84. The van der Waals surface area contributed by atoms with Crippen molar-refractivity contribution >= 4 is 23.2 Å². The number of non-ortho nitro benzene ring substituents is 1. The van der Waals surface area contributed by atoms with Gasteiger partial charge in [-0.25, -0.2) is 0 Å². The summed E-state index contributed by atoms with van der Waals surface area (Å²) in [5.74, 6) is -0.246. The Labute approximate surface area is 121 Å². The smallest absolute Gasteiger partial charge is 0.271 e. The maximum Gasteiger partial charge on any atom is 0.271 e. The second-order valence-corrected chi connectivity index (χ2v) is 5.31. The van der Waals surface area contributed by atoms with E-state index >= 15 is 0 Å². The number of nitro benzene ring substituents is 1. The minimum absolute atomic E-state index is 0.106. The third kappa shape index (κ3) is 3.26. The third-order valence-corrected chi connectivity index (χ3v) is 3.70. The van der Waals surface area contributed by atoms with E-state index in [1.165, 1.54) is 18.2 Å². The normalized spacial score (nSPS) is 18.6. The molecule has 1 aromatic rings. The Kier molecular flexibility index (Phi) is 4.57. The number of halogens is 1. The van der Waals surface area contributed by atoms with E-state index in [1.54, 1.807) is 11.9 Å². The van der Waals surface area contributed by atoms with Crippen LogP contribution in [-0.2, 0) is 0 Å². The summed E-state index contributed by atoms with van der Waals surface area (Å²) in [6, 6.07) is 4.07. The number of carbonyl (C=O) groups is 1. The highest BCUT2D eigenvalue weighted by Crippen LogP contribution is 2.22. The van der Waals surface area contributed by atoms with Gasteiger partial charge in [-0.1, -0.05) is 11.6 Å². The second kappa shape index (κ2) is 6.19. The summed E-state index contributed by atoms with van der Waals surface area (Å²) in [5.41, 5.74) is 0.0771. The first kappa shape index (κ1) is 14.7. The Balaban J connectivity index is 2.21. The van der Waals surface area contributed by atoms with E-state index in [9.17, 15) is 14.9 Å². The molecule has 1 heterocycles. The van der Waals surface area contributed by atoms with Gasteiger partial charge in [0.05, 0.1) is 4.92 Å². The fourth-order valence-corrected chi connectivity index (χ4v) is 2.57. The zero-order chi connectivity index (χ0) is 14.7. The number of hydrogen-bond donors (Lipinski definition) is 1. The van der Waals surface area contributed by atoms with Crippen LogP contribution >= 0.6 is 11.6 Å². The zero-order valence-corrected chi connectivity index (χ0v) is 11.9. The molecule has 1 N–H and O–H groups in total. The van der Waals surface area contributed by atoms with Crippen molar-refractivity contribution in [3.05, 3.63) is 38.9 Å². The van der Waals surface area contributed by atoms with E-state index in [1.807, 2.05) is 0 Å². The summed E-state index contributed by atoms with van der Waals surface area (Å²) in [4.78, 5) is 24.3. The van der Waals surface area contributed by atoms with Crippen LogP contribution in [-0.4, -0.2) is 41.9 Å². The van der Waals surface area contributed by atoms with Crippen molar-refractivity contribution in [1.29, 1.82) is 0 Å². The van der Waals surface area contributed by atoms with E-state index in [0.717, 1.165) is 25.9 Å². The lowest BCUT2D eigenvalue weighted by molar-refractivity contribution is -0.384. The molecule has 1 aliphatic rings. The van der Waals surface area contributed by atoms with Crippen LogP contribution in [0.25, 0.3) is 0 Å². The van der Waals surface area contributed by atoms with Gasteiger partial charge in [-0.15, -0.1) is 0 Å². The largest absolute Gasteiger partial charge is 0.337 e. The number of nitrogens with one attached hydrogen (secondary N) is 1. The van der Waals surface area contributed by atoms with Crippen LogP contribution in [0.4, 0.5) is 5.69 Å². The lowest BCUT2D eigenvalue weighted by Crippen LogP contribution is -2.46. The molecule has 1 atom stereocenters. The van der Waals surface area contributed by atoms with Crippen LogP contribution in [0, 0.1) is 10.1 Å². The molecule has 0 aliphatic carbocycles. The van der Waals surface area contributed by atoms with Crippen molar-refractivity contribution in [1.82, 2.24) is 10.2 Å². The van der Waals surface area contributed by atoms with Gasteiger partial charge in [0.1, 0.15) is 0 Å². The van der Waals surface area contributed by atoms with Gasteiger partial charge >= 0.3 is 0 Å². The highest BCUT2D eigenvalue weighted by atomic mass is 35.5. The highest BCUT2D eigenvalue weighted by molar-refractivity contribution is 6.31. The lowest BCUT2D eigenvalue weighted by atomic mass is 10.0. The van der Waals surface area contributed by atoms with Crippen molar-refractivity contribution in [2.75, 3.05) is 20.1 Å². The Morgan fingerprint density at radius 2 is 2.25 bits per heavy atom. The van der Waals surface area contributed by atoms with E-state index in [4.69, 9.17) is 11.6 Å². The molecule has 2 rings (SSSR count). The van der Waals surface area contributed by atoms with Crippen LogP contribution in [0.3, 0.4) is 0 Å². The molecule has 0 aromatic heterocycles. The molecule has 1 aliphatic heterocycles. The molecule has 1 fully saturated rings. The number of hydrogen-bond acceptors (Lipinski definition) is 4. The van der Waals surface area contributed by atoms with Gasteiger partial charge in [0.2, 0.25) is 0 Å². The maximum atomic E-state index is 12.4. The first-order valence-corrected chi connectivity index (χ1v) is 6.79. The van der Waals surface area contributed by atoms with Crippen molar-refractivity contribution in [2.45, 2.75) is 18.9 Å². The van der Waals surface area contributed by atoms with Gasteiger partial charge in [-0.3, -0.25) is 14.9 Å². The number of likely N-dealkylation sites (N-methyl/N-ethyl adjacent to an activating group) is 1. The predicted molar refractivity (Wildman–Crippen MR) is 76.1 cm³/mol. The molecule has 7 heteroatoms. The number of amides is 1. The first-order chi connectivity index (χ1) is 9.49. The van der Waals surface area contributed by atoms with Crippen molar-refractivity contribution < 1.29 is 9.72 Å². The minimum atomic E-state index is -0.551. The average Bonchev–Trinajstić information content (AvgIpc) is 2.46. The lowest BCUT2D eigenvalue weighted by Gasteiger charge is -2.31. The second-order valence-electron chi connectivity index (χ2n) is 4.87. The molecule has 108 valence electrons. The van der Waals surface area contributed by atoms with Crippen molar-refractivity contribution in [3.8, 4) is 0 Å². The van der Waals surface area contributed by atoms with Crippen molar-refractivity contribution in [2.24, 2.45) is 0 Å². The molecule has 0 radical (unpaired) electrons. The van der Waals surface area contributed by atoms with Crippen LogP contribution in [0.5, 0.6) is 0 Å². The Morgan fingerprint density at radius 3 is 2.85 bits per heavy atom. The summed E-state index contributed by atoms with van der Waals surface area (Å²) in [6.07, 6.45) is 1.94. The van der Waals surface area contributed by atoms with Crippen molar-refractivity contribution in [3.63, 3.8) is 0 Å². The molecule has 0 bridgehead atoms. The number of piperidine rings is 1. The molecular weight excluding hydrogens is 282 g/mol. The van der Waals surface area contributed by atoms with Gasteiger partial charge < -0.3 is 10.2 Å². The number of nitrogens with zero attached hydrogens (tertiary/aromatic N) is 2. The number of nitro groups is 1. The molecule has 1 amide bonds. The van der Waals surface area contributed by atoms with Gasteiger partial charge in [0, 0.05) is 42.4 Å². The summed E-state index contributed by atoms with van der Waals surface area (Å²) in [5, 5.41) is 14.2. The SMILES string of the molecule is CN(C(=O)c1cc(Cl)cc([N+](=O)[O-])c1)C1CCCNC1. The number of carbonyl (C=O) groups excluding carboxylic acids is 1. The molecule has 1 unspecified atom stereocenters. The molecular formula is C13H16ClN3O3. The first-order valence-electron chi connectivity index (χ1n) is 6.42. The van der Waals surface area contributed by atoms with Gasteiger partial charge in [0.25, 0.3) is 11.6 Å². The van der Waals surface area contributed by atoms with Crippen LogP contribution < -0.4 is 5.32 Å². The fraction of sp³-hybridized carbons (Fsp3) is 0.462. The number of rotatable bonds is 3. The quantitative estimate of drug-likeness (QED) is 0.684. The highest BCUT2D eigenvalue weighted by Gasteiger charge is 2.24. The van der Waals surface area contributed by atoms with E-state index in [-0.39, 0.29) is 28.2 Å². The Bertz CT molecular complexity index is 530. The van der Waals surface area contributed by atoms with E-state index in [0.29, 0.717) is 0 Å². The molecule has 1 aromatic carbocycles. The molecule has 0 spiro atoms. The molecule has 1 saturated heterocycles. The van der Waals surface area contributed by atoms with E-state index < -0.39 is 4.92 Å². The van der Waals surface area contributed by atoms with Gasteiger partial charge in [-0.2, -0.15) is 0 Å². The van der Waals surface area contributed by atoms with Crippen LogP contribution in [0.1, 0.15) is 23.2 Å². The van der Waals surface area contributed by atoms with Crippen LogP contribution in [0.15, 0.2) is 18.2 Å². The molecule has 6 nitrogen and oxygen atoms in total. The zero-order valence-electron chi connectivity index (χ0n) is 11.1. The average molecular weight is 298 g/mol. The predicted octanol–water partition coefficient (Wildman–Crippen LogP) is 2.07. The van der Waals surface area contributed by atoms with Crippen LogP contribution in [0.2, 0.25) is 5.02 Å². The topological polar surface area (TPSA) is 75.5 Å². The monoisotopic (exact) mass is 297 g/mol. The summed E-state index contributed by atoms with van der Waals surface area (Å²) < 4.78 is 0. The van der Waals surface area contributed by atoms with E-state index in [2.05, 4.69) is 5.32 Å². The summed E-state index contributed by atoms with van der Waals surface area (Å²) in [7, 11) is 1.72.